The Labute approximate surface area is 172 Å². The number of para-hydroxylation sites is 2. The largest absolute Gasteiger partial charge is 0.420 e. The maximum Gasteiger partial charge on any atom is 0.420 e. The van der Waals surface area contributed by atoms with Crippen LogP contribution in [0.1, 0.15) is 15.3 Å². The lowest BCUT2D eigenvalue weighted by Gasteiger charge is -2.22. The molecule has 0 atom stereocenters. The molecule has 0 aliphatic carbocycles. The van der Waals surface area contributed by atoms with Crippen molar-refractivity contribution in [1.29, 1.82) is 0 Å². The molecule has 0 bridgehead atoms. The van der Waals surface area contributed by atoms with Gasteiger partial charge in [-0.3, -0.25) is 9.36 Å². The SMILES string of the molecule is Cc1ccc(CN(CCc2ccccc2)C(=O)Cn2c(=O)oc3ccccc32)s1. The van der Waals surface area contributed by atoms with Gasteiger partial charge in [0, 0.05) is 16.3 Å². The number of aromatic nitrogens is 1. The molecule has 0 aliphatic rings. The number of benzene rings is 2. The molecule has 0 radical (unpaired) electrons. The molecule has 6 heteroatoms. The Morgan fingerprint density at radius 2 is 1.79 bits per heavy atom. The van der Waals surface area contributed by atoms with Gasteiger partial charge in [-0.05, 0) is 43.2 Å². The molecular weight excluding hydrogens is 384 g/mol. The molecule has 0 saturated heterocycles. The topological polar surface area (TPSA) is 55.5 Å². The lowest BCUT2D eigenvalue weighted by Crippen LogP contribution is -2.36. The Morgan fingerprint density at radius 3 is 2.55 bits per heavy atom. The number of aryl methyl sites for hydroxylation is 1. The Morgan fingerprint density at radius 1 is 1.03 bits per heavy atom. The van der Waals surface area contributed by atoms with Crippen LogP contribution in [-0.2, 0) is 24.3 Å². The lowest BCUT2D eigenvalue weighted by atomic mass is 10.1. The number of carbonyl (C=O) groups excluding carboxylic acids is 1. The Bertz CT molecular complexity index is 1170. The van der Waals surface area contributed by atoms with Gasteiger partial charge in [-0.25, -0.2) is 4.79 Å². The zero-order valence-electron chi connectivity index (χ0n) is 16.2. The van der Waals surface area contributed by atoms with Crippen molar-refractivity contribution in [2.45, 2.75) is 26.4 Å². The standard InChI is InChI=1S/C23H22N2O3S/c1-17-11-12-19(29-17)15-24(14-13-18-7-3-2-4-8-18)22(26)16-25-20-9-5-6-10-21(20)28-23(25)27/h2-12H,13-16H2,1H3. The van der Waals surface area contributed by atoms with E-state index in [0.29, 0.717) is 24.2 Å². The summed E-state index contributed by atoms with van der Waals surface area (Å²) in [4.78, 5) is 29.6. The number of fused-ring (bicyclic) bond motifs is 1. The number of hydrogen-bond acceptors (Lipinski definition) is 4. The maximum atomic E-state index is 13.2. The quantitative estimate of drug-likeness (QED) is 0.461. The molecule has 148 valence electrons. The van der Waals surface area contributed by atoms with Gasteiger partial charge < -0.3 is 9.32 Å². The van der Waals surface area contributed by atoms with E-state index in [9.17, 15) is 9.59 Å². The van der Waals surface area contributed by atoms with Crippen molar-refractivity contribution < 1.29 is 9.21 Å². The van der Waals surface area contributed by atoms with Crippen molar-refractivity contribution in [3.63, 3.8) is 0 Å². The summed E-state index contributed by atoms with van der Waals surface area (Å²) in [5.41, 5.74) is 2.31. The average molecular weight is 407 g/mol. The second kappa shape index (κ2) is 8.49. The molecule has 0 saturated carbocycles. The predicted molar refractivity (Wildman–Crippen MR) is 115 cm³/mol. The Kier molecular flexibility index (Phi) is 5.62. The third kappa shape index (κ3) is 4.49. The highest BCUT2D eigenvalue weighted by Crippen LogP contribution is 2.18. The van der Waals surface area contributed by atoms with Crippen molar-refractivity contribution in [3.05, 3.63) is 92.6 Å². The van der Waals surface area contributed by atoms with Gasteiger partial charge in [0.1, 0.15) is 6.54 Å². The first-order valence-corrected chi connectivity index (χ1v) is 10.4. The van der Waals surface area contributed by atoms with Crippen LogP contribution in [0.5, 0.6) is 0 Å². The van der Waals surface area contributed by atoms with Gasteiger partial charge in [-0.1, -0.05) is 42.5 Å². The van der Waals surface area contributed by atoms with Crippen molar-refractivity contribution in [2.75, 3.05) is 6.54 Å². The number of amides is 1. The summed E-state index contributed by atoms with van der Waals surface area (Å²) < 4.78 is 6.68. The first-order valence-electron chi connectivity index (χ1n) is 9.55. The van der Waals surface area contributed by atoms with Crippen molar-refractivity contribution in [3.8, 4) is 0 Å². The third-order valence-electron chi connectivity index (χ3n) is 4.88. The summed E-state index contributed by atoms with van der Waals surface area (Å²) in [6.07, 6.45) is 0.762. The van der Waals surface area contributed by atoms with Gasteiger partial charge in [0.05, 0.1) is 12.1 Å². The van der Waals surface area contributed by atoms with Gasteiger partial charge in [0.2, 0.25) is 5.91 Å². The summed E-state index contributed by atoms with van der Waals surface area (Å²) in [5.74, 6) is -0.602. The van der Waals surface area contributed by atoms with E-state index in [1.54, 1.807) is 23.5 Å². The zero-order valence-corrected chi connectivity index (χ0v) is 17.0. The number of rotatable bonds is 7. The van der Waals surface area contributed by atoms with Crippen molar-refractivity contribution >= 4 is 28.3 Å². The van der Waals surface area contributed by atoms with Gasteiger partial charge in [-0.2, -0.15) is 0 Å². The predicted octanol–water partition coefficient (Wildman–Crippen LogP) is 4.24. The van der Waals surface area contributed by atoms with E-state index in [2.05, 4.69) is 31.2 Å². The van der Waals surface area contributed by atoms with Gasteiger partial charge in [0.15, 0.2) is 5.58 Å². The van der Waals surface area contributed by atoms with Crippen LogP contribution in [0, 0.1) is 6.92 Å². The second-order valence-electron chi connectivity index (χ2n) is 6.99. The minimum atomic E-state index is -0.505. The zero-order chi connectivity index (χ0) is 20.2. The van der Waals surface area contributed by atoms with Crippen molar-refractivity contribution in [2.24, 2.45) is 0 Å². The summed E-state index contributed by atoms with van der Waals surface area (Å²) >= 11 is 1.69. The normalized spacial score (nSPS) is 11.1. The van der Waals surface area contributed by atoms with Crippen molar-refractivity contribution in [1.82, 2.24) is 9.47 Å². The van der Waals surface area contributed by atoms with E-state index < -0.39 is 5.76 Å². The van der Waals surface area contributed by atoms with Crippen LogP contribution in [0.15, 0.2) is 75.9 Å². The molecule has 29 heavy (non-hydrogen) atoms. The van der Waals surface area contributed by atoms with Gasteiger partial charge in [0.25, 0.3) is 0 Å². The van der Waals surface area contributed by atoms with E-state index in [-0.39, 0.29) is 12.5 Å². The highest BCUT2D eigenvalue weighted by Gasteiger charge is 2.19. The molecule has 0 aliphatic heterocycles. The van der Waals surface area contributed by atoms with Crippen LogP contribution >= 0.6 is 11.3 Å². The molecule has 0 N–H and O–H groups in total. The minimum Gasteiger partial charge on any atom is -0.408 e. The van der Waals surface area contributed by atoms with Crippen LogP contribution in [-0.4, -0.2) is 21.9 Å². The molecule has 1 amide bonds. The van der Waals surface area contributed by atoms with Gasteiger partial charge in [-0.15, -0.1) is 11.3 Å². The summed E-state index contributed by atoms with van der Waals surface area (Å²) in [6, 6.07) is 21.4. The lowest BCUT2D eigenvalue weighted by molar-refractivity contribution is -0.132. The molecule has 0 fully saturated rings. The van der Waals surface area contributed by atoms with E-state index in [4.69, 9.17) is 4.42 Å². The van der Waals surface area contributed by atoms with E-state index in [1.807, 2.05) is 35.2 Å². The Hall–Kier alpha value is -3.12. The third-order valence-corrected chi connectivity index (χ3v) is 5.86. The molecule has 4 aromatic rings. The summed E-state index contributed by atoms with van der Waals surface area (Å²) in [5, 5.41) is 0. The number of thiophene rings is 1. The first kappa shape index (κ1) is 19.2. The number of carbonyl (C=O) groups is 1. The van der Waals surface area contributed by atoms with Crippen LogP contribution in [0.2, 0.25) is 0 Å². The smallest absolute Gasteiger partial charge is 0.408 e. The second-order valence-corrected chi connectivity index (χ2v) is 8.36. The number of oxazole rings is 1. The number of hydrogen-bond donors (Lipinski definition) is 0. The summed E-state index contributed by atoms with van der Waals surface area (Å²) in [6.45, 7) is 3.15. The summed E-state index contributed by atoms with van der Waals surface area (Å²) in [7, 11) is 0. The van der Waals surface area contributed by atoms with E-state index in [0.717, 1.165) is 11.3 Å². The minimum absolute atomic E-state index is 0.0327. The fourth-order valence-corrected chi connectivity index (χ4v) is 4.26. The number of nitrogens with zero attached hydrogens (tertiary/aromatic N) is 2. The van der Waals surface area contributed by atoms with Crippen LogP contribution in [0.4, 0.5) is 0 Å². The molecule has 0 unspecified atom stereocenters. The average Bonchev–Trinajstić information content (AvgIpc) is 3.28. The fourth-order valence-electron chi connectivity index (χ4n) is 3.36. The highest BCUT2D eigenvalue weighted by atomic mass is 32.1. The first-order chi connectivity index (χ1) is 14.1. The van der Waals surface area contributed by atoms with E-state index in [1.165, 1.54) is 15.0 Å². The highest BCUT2D eigenvalue weighted by molar-refractivity contribution is 7.11. The van der Waals surface area contributed by atoms with Gasteiger partial charge >= 0.3 is 5.76 Å². The van der Waals surface area contributed by atoms with Crippen LogP contribution in [0.3, 0.4) is 0 Å². The Balaban J connectivity index is 1.56. The molecule has 5 nitrogen and oxygen atoms in total. The molecule has 2 aromatic carbocycles. The molecule has 0 spiro atoms. The molecule has 2 heterocycles. The molecule has 2 aromatic heterocycles. The molecular formula is C23H22N2O3S. The molecule has 4 rings (SSSR count). The monoisotopic (exact) mass is 406 g/mol. The van der Waals surface area contributed by atoms with E-state index >= 15 is 0 Å². The van der Waals surface area contributed by atoms with Crippen LogP contribution in [0.25, 0.3) is 11.1 Å². The van der Waals surface area contributed by atoms with Crippen LogP contribution < -0.4 is 5.76 Å². The maximum absolute atomic E-state index is 13.2. The fraction of sp³-hybridized carbons (Fsp3) is 0.217.